The molecule has 1 amide bonds. The Labute approximate surface area is 88.0 Å². The van der Waals surface area contributed by atoms with Gasteiger partial charge in [-0.3, -0.25) is 9.78 Å². The molecule has 0 radical (unpaired) electrons. The van der Waals surface area contributed by atoms with Crippen molar-refractivity contribution in [2.75, 3.05) is 13.6 Å². The molecule has 0 saturated heterocycles. The van der Waals surface area contributed by atoms with Crippen molar-refractivity contribution in [1.82, 2.24) is 9.88 Å². The number of carbonyl (C=O) groups excluding carboxylic acids is 1. The third kappa shape index (κ3) is 2.33. The van der Waals surface area contributed by atoms with E-state index >= 15 is 0 Å². The minimum absolute atomic E-state index is 0.127. The molecule has 0 aliphatic rings. The summed E-state index contributed by atoms with van der Waals surface area (Å²) in [5.41, 5.74) is 0.464. The SMILES string of the molecule is C=CCN(C)C(=O)c1ccncc1Cl. The van der Waals surface area contributed by atoms with Crippen molar-refractivity contribution < 1.29 is 4.79 Å². The zero-order chi connectivity index (χ0) is 10.6. The van der Waals surface area contributed by atoms with E-state index in [4.69, 9.17) is 11.6 Å². The highest BCUT2D eigenvalue weighted by atomic mass is 35.5. The van der Waals surface area contributed by atoms with Crippen LogP contribution in [-0.4, -0.2) is 29.4 Å². The van der Waals surface area contributed by atoms with Crippen LogP contribution in [0.2, 0.25) is 5.02 Å². The van der Waals surface area contributed by atoms with Crippen LogP contribution in [0, 0.1) is 0 Å². The molecule has 74 valence electrons. The van der Waals surface area contributed by atoms with Gasteiger partial charge in [0, 0.05) is 26.0 Å². The molecule has 0 aromatic carbocycles. The van der Waals surface area contributed by atoms with Crippen LogP contribution in [-0.2, 0) is 0 Å². The molecule has 0 unspecified atom stereocenters. The fourth-order valence-electron chi connectivity index (χ4n) is 1.03. The molecule has 0 spiro atoms. The lowest BCUT2D eigenvalue weighted by molar-refractivity contribution is 0.0810. The highest BCUT2D eigenvalue weighted by Crippen LogP contribution is 2.14. The molecule has 0 aliphatic carbocycles. The molecular weight excluding hydrogens is 200 g/mol. The molecule has 0 fully saturated rings. The summed E-state index contributed by atoms with van der Waals surface area (Å²) in [4.78, 5) is 17.1. The number of hydrogen-bond donors (Lipinski definition) is 0. The summed E-state index contributed by atoms with van der Waals surface area (Å²) in [6.45, 7) is 4.06. The molecule has 0 aliphatic heterocycles. The van der Waals surface area contributed by atoms with E-state index in [1.54, 1.807) is 25.4 Å². The normalized spacial score (nSPS) is 9.57. The second kappa shape index (κ2) is 4.77. The number of aromatic nitrogens is 1. The molecule has 4 heteroatoms. The van der Waals surface area contributed by atoms with Crippen molar-refractivity contribution in [3.8, 4) is 0 Å². The molecule has 1 aromatic rings. The third-order valence-corrected chi connectivity index (χ3v) is 2.05. The van der Waals surface area contributed by atoms with Crippen molar-refractivity contribution in [1.29, 1.82) is 0 Å². The summed E-state index contributed by atoms with van der Waals surface area (Å²) in [7, 11) is 1.70. The molecule has 14 heavy (non-hydrogen) atoms. The van der Waals surface area contributed by atoms with E-state index in [2.05, 4.69) is 11.6 Å². The number of halogens is 1. The number of likely N-dealkylation sites (N-methyl/N-ethyl adjacent to an activating group) is 1. The Bertz CT molecular complexity index is 352. The zero-order valence-corrected chi connectivity index (χ0v) is 8.66. The topological polar surface area (TPSA) is 33.2 Å². The van der Waals surface area contributed by atoms with Crippen molar-refractivity contribution in [3.63, 3.8) is 0 Å². The van der Waals surface area contributed by atoms with Gasteiger partial charge in [0.15, 0.2) is 0 Å². The monoisotopic (exact) mass is 210 g/mol. The van der Waals surface area contributed by atoms with E-state index in [9.17, 15) is 4.79 Å². The first-order chi connectivity index (χ1) is 6.66. The fraction of sp³-hybridized carbons (Fsp3) is 0.200. The summed E-state index contributed by atoms with van der Waals surface area (Å²) in [6.07, 6.45) is 4.66. The summed E-state index contributed by atoms with van der Waals surface area (Å²) < 4.78 is 0. The molecule has 0 bridgehead atoms. The lowest BCUT2D eigenvalue weighted by atomic mass is 10.2. The molecule has 0 atom stereocenters. The van der Waals surface area contributed by atoms with Crippen LogP contribution in [0.15, 0.2) is 31.1 Å². The smallest absolute Gasteiger partial charge is 0.255 e. The van der Waals surface area contributed by atoms with Gasteiger partial charge in [-0.1, -0.05) is 17.7 Å². The predicted molar refractivity (Wildman–Crippen MR) is 56.4 cm³/mol. The maximum Gasteiger partial charge on any atom is 0.255 e. The average Bonchev–Trinajstić information content (AvgIpc) is 2.18. The minimum atomic E-state index is -0.127. The van der Waals surface area contributed by atoms with Crippen molar-refractivity contribution in [3.05, 3.63) is 41.7 Å². The molecular formula is C10H11ClN2O. The fourth-order valence-corrected chi connectivity index (χ4v) is 1.23. The Morgan fingerprint density at radius 3 is 3.07 bits per heavy atom. The third-order valence-electron chi connectivity index (χ3n) is 1.75. The van der Waals surface area contributed by atoms with Crippen LogP contribution in [0.4, 0.5) is 0 Å². The largest absolute Gasteiger partial charge is 0.338 e. The molecule has 3 nitrogen and oxygen atoms in total. The number of amides is 1. The Kier molecular flexibility index (Phi) is 3.65. The average molecular weight is 211 g/mol. The lowest BCUT2D eigenvalue weighted by Gasteiger charge is -2.15. The number of hydrogen-bond acceptors (Lipinski definition) is 2. The van der Waals surface area contributed by atoms with E-state index < -0.39 is 0 Å². The first-order valence-electron chi connectivity index (χ1n) is 4.12. The standard InChI is InChI=1S/C10H11ClN2O/c1-3-6-13(2)10(14)8-4-5-12-7-9(8)11/h3-5,7H,1,6H2,2H3. The van der Waals surface area contributed by atoms with E-state index in [0.717, 1.165) is 0 Å². The summed E-state index contributed by atoms with van der Waals surface area (Å²) in [5, 5.41) is 0.369. The quantitative estimate of drug-likeness (QED) is 0.715. The zero-order valence-electron chi connectivity index (χ0n) is 7.90. The van der Waals surface area contributed by atoms with Crippen LogP contribution in [0.3, 0.4) is 0 Å². The van der Waals surface area contributed by atoms with Gasteiger partial charge >= 0.3 is 0 Å². The van der Waals surface area contributed by atoms with E-state index in [1.807, 2.05) is 0 Å². The summed E-state index contributed by atoms with van der Waals surface area (Å²) in [6, 6.07) is 1.60. The van der Waals surface area contributed by atoms with E-state index in [-0.39, 0.29) is 5.91 Å². The summed E-state index contributed by atoms with van der Waals surface area (Å²) in [5.74, 6) is -0.127. The number of carbonyl (C=O) groups is 1. The van der Waals surface area contributed by atoms with Gasteiger partial charge < -0.3 is 4.90 Å². The van der Waals surface area contributed by atoms with Gasteiger partial charge in [-0.2, -0.15) is 0 Å². The highest BCUT2D eigenvalue weighted by Gasteiger charge is 2.13. The second-order valence-corrected chi connectivity index (χ2v) is 3.24. The Hall–Kier alpha value is -1.35. The predicted octanol–water partition coefficient (Wildman–Crippen LogP) is 1.99. The van der Waals surface area contributed by atoms with Crippen LogP contribution in [0.1, 0.15) is 10.4 Å². The van der Waals surface area contributed by atoms with Crippen molar-refractivity contribution in [2.45, 2.75) is 0 Å². The van der Waals surface area contributed by atoms with Crippen molar-refractivity contribution in [2.24, 2.45) is 0 Å². The highest BCUT2D eigenvalue weighted by molar-refractivity contribution is 6.33. The Morgan fingerprint density at radius 1 is 1.79 bits per heavy atom. The van der Waals surface area contributed by atoms with Gasteiger partial charge in [0.2, 0.25) is 0 Å². The maximum atomic E-state index is 11.7. The first-order valence-corrected chi connectivity index (χ1v) is 4.50. The van der Waals surface area contributed by atoms with Gasteiger partial charge in [-0.15, -0.1) is 6.58 Å². The van der Waals surface area contributed by atoms with Gasteiger partial charge in [-0.05, 0) is 6.07 Å². The Balaban J connectivity index is 2.89. The maximum absolute atomic E-state index is 11.7. The molecule has 0 saturated carbocycles. The van der Waals surface area contributed by atoms with Gasteiger partial charge in [0.25, 0.3) is 5.91 Å². The number of rotatable bonds is 3. The molecule has 1 heterocycles. The van der Waals surface area contributed by atoms with Crippen LogP contribution in [0.5, 0.6) is 0 Å². The van der Waals surface area contributed by atoms with Crippen LogP contribution < -0.4 is 0 Å². The molecule has 0 N–H and O–H groups in total. The van der Waals surface area contributed by atoms with Crippen LogP contribution >= 0.6 is 11.6 Å². The Morgan fingerprint density at radius 2 is 2.50 bits per heavy atom. The van der Waals surface area contributed by atoms with E-state index in [1.165, 1.54) is 11.1 Å². The number of pyridine rings is 1. The molecule has 1 aromatic heterocycles. The van der Waals surface area contributed by atoms with Crippen LogP contribution in [0.25, 0.3) is 0 Å². The van der Waals surface area contributed by atoms with Gasteiger partial charge in [0.05, 0.1) is 10.6 Å². The lowest BCUT2D eigenvalue weighted by Crippen LogP contribution is -2.26. The van der Waals surface area contributed by atoms with Gasteiger partial charge in [0.1, 0.15) is 0 Å². The van der Waals surface area contributed by atoms with Gasteiger partial charge in [-0.25, -0.2) is 0 Å². The second-order valence-electron chi connectivity index (χ2n) is 2.83. The molecule has 1 rings (SSSR count). The number of nitrogens with zero attached hydrogens (tertiary/aromatic N) is 2. The van der Waals surface area contributed by atoms with E-state index in [0.29, 0.717) is 17.1 Å². The van der Waals surface area contributed by atoms with Crippen molar-refractivity contribution >= 4 is 17.5 Å². The first kappa shape index (κ1) is 10.7. The minimum Gasteiger partial charge on any atom is -0.338 e. The summed E-state index contributed by atoms with van der Waals surface area (Å²) >= 11 is 5.83.